The van der Waals surface area contributed by atoms with Crippen LogP contribution in [0.3, 0.4) is 0 Å². The number of esters is 1. The SMILES string of the molecule is CCOC(=O)/C(=N/O)C1=NC2(CCCCC2)Cc2ccccc21. The second-order valence-electron chi connectivity index (χ2n) is 6.25. The van der Waals surface area contributed by atoms with Crippen LogP contribution in [0.2, 0.25) is 0 Å². The maximum absolute atomic E-state index is 12.2. The second-order valence-corrected chi connectivity index (χ2v) is 6.25. The Morgan fingerprint density at radius 3 is 2.74 bits per heavy atom. The number of carbonyl (C=O) groups excluding carboxylic acids is 1. The number of rotatable bonds is 3. The van der Waals surface area contributed by atoms with E-state index in [0.29, 0.717) is 5.71 Å². The van der Waals surface area contributed by atoms with Crippen molar-refractivity contribution in [2.75, 3.05) is 6.61 Å². The van der Waals surface area contributed by atoms with Crippen LogP contribution < -0.4 is 0 Å². The van der Waals surface area contributed by atoms with Crippen molar-refractivity contribution in [3.05, 3.63) is 35.4 Å². The molecule has 1 saturated carbocycles. The monoisotopic (exact) mass is 314 g/mol. The van der Waals surface area contributed by atoms with Crippen molar-refractivity contribution in [3.8, 4) is 0 Å². The molecular weight excluding hydrogens is 292 g/mol. The van der Waals surface area contributed by atoms with E-state index in [1.807, 2.05) is 18.2 Å². The highest BCUT2D eigenvalue weighted by atomic mass is 16.5. The molecule has 1 aromatic rings. The first-order chi connectivity index (χ1) is 11.2. The highest BCUT2D eigenvalue weighted by molar-refractivity contribution is 6.69. The summed E-state index contributed by atoms with van der Waals surface area (Å²) in [7, 11) is 0. The van der Waals surface area contributed by atoms with Crippen molar-refractivity contribution in [2.24, 2.45) is 10.1 Å². The van der Waals surface area contributed by atoms with Crippen molar-refractivity contribution < 1.29 is 14.7 Å². The van der Waals surface area contributed by atoms with Crippen LogP contribution in [0, 0.1) is 0 Å². The molecule has 1 fully saturated rings. The summed E-state index contributed by atoms with van der Waals surface area (Å²) in [4.78, 5) is 17.1. The minimum atomic E-state index is -0.628. The van der Waals surface area contributed by atoms with Crippen molar-refractivity contribution >= 4 is 17.4 Å². The van der Waals surface area contributed by atoms with Gasteiger partial charge in [-0.2, -0.15) is 0 Å². The first-order valence-electron chi connectivity index (χ1n) is 8.27. The van der Waals surface area contributed by atoms with Crippen LogP contribution in [0.15, 0.2) is 34.4 Å². The molecule has 3 rings (SSSR count). The average Bonchev–Trinajstić information content (AvgIpc) is 2.56. The lowest BCUT2D eigenvalue weighted by molar-refractivity contribution is -0.134. The van der Waals surface area contributed by atoms with Crippen LogP contribution in [0.25, 0.3) is 0 Å². The molecule has 1 N–H and O–H groups in total. The van der Waals surface area contributed by atoms with Crippen molar-refractivity contribution in [1.82, 2.24) is 0 Å². The van der Waals surface area contributed by atoms with Crippen molar-refractivity contribution in [1.29, 1.82) is 0 Å². The molecule has 0 bridgehead atoms. The molecule has 23 heavy (non-hydrogen) atoms. The molecule has 1 aliphatic carbocycles. The fourth-order valence-corrected chi connectivity index (χ4v) is 3.66. The van der Waals surface area contributed by atoms with Gasteiger partial charge in [-0.25, -0.2) is 4.79 Å². The maximum Gasteiger partial charge on any atom is 0.362 e. The number of aliphatic imine (C=N–C) groups is 1. The molecular formula is C18H22N2O3. The molecule has 2 aliphatic rings. The third kappa shape index (κ3) is 3.00. The molecule has 5 heteroatoms. The Bertz CT molecular complexity index is 658. The van der Waals surface area contributed by atoms with E-state index >= 15 is 0 Å². The van der Waals surface area contributed by atoms with E-state index in [2.05, 4.69) is 11.2 Å². The van der Waals surface area contributed by atoms with Crippen LogP contribution in [0.5, 0.6) is 0 Å². The molecule has 1 heterocycles. The van der Waals surface area contributed by atoms with Gasteiger partial charge in [0, 0.05) is 5.56 Å². The third-order valence-electron chi connectivity index (χ3n) is 4.72. The van der Waals surface area contributed by atoms with Gasteiger partial charge in [-0.1, -0.05) is 48.7 Å². The molecule has 0 saturated heterocycles. The predicted octanol–water partition coefficient (Wildman–Crippen LogP) is 3.13. The quantitative estimate of drug-likeness (QED) is 0.403. The zero-order valence-corrected chi connectivity index (χ0v) is 13.4. The highest BCUT2D eigenvalue weighted by Gasteiger charge is 2.38. The number of hydrogen-bond acceptors (Lipinski definition) is 5. The summed E-state index contributed by atoms with van der Waals surface area (Å²) >= 11 is 0. The molecule has 5 nitrogen and oxygen atoms in total. The summed E-state index contributed by atoms with van der Waals surface area (Å²) in [5, 5.41) is 12.6. The summed E-state index contributed by atoms with van der Waals surface area (Å²) in [5.41, 5.74) is 2.22. The van der Waals surface area contributed by atoms with Crippen LogP contribution >= 0.6 is 0 Å². The first kappa shape index (κ1) is 15.7. The van der Waals surface area contributed by atoms with Gasteiger partial charge in [-0.05, 0) is 31.7 Å². The average molecular weight is 314 g/mol. The van der Waals surface area contributed by atoms with E-state index in [1.54, 1.807) is 6.92 Å². The van der Waals surface area contributed by atoms with Crippen LogP contribution in [0.4, 0.5) is 0 Å². The summed E-state index contributed by atoms with van der Waals surface area (Å²) in [5.74, 6) is -0.628. The number of hydrogen-bond donors (Lipinski definition) is 1. The van der Waals surface area contributed by atoms with Gasteiger partial charge in [0.15, 0.2) is 0 Å². The Hall–Kier alpha value is -2.17. The molecule has 1 aromatic carbocycles. The number of oxime groups is 1. The number of nitrogens with zero attached hydrogens (tertiary/aromatic N) is 2. The molecule has 0 atom stereocenters. The Labute approximate surface area is 136 Å². The standard InChI is InChI=1S/C18H22N2O3/c1-2-23-17(21)16(20-22)15-14-9-5-4-8-13(14)12-18(19-15)10-6-3-7-11-18/h4-5,8-9,22H,2-3,6-7,10-12H2,1H3/b20-16+. The van der Waals surface area contributed by atoms with E-state index < -0.39 is 5.97 Å². The molecule has 0 amide bonds. The fourth-order valence-electron chi connectivity index (χ4n) is 3.66. The third-order valence-corrected chi connectivity index (χ3v) is 4.72. The lowest BCUT2D eigenvalue weighted by Crippen LogP contribution is -2.41. The van der Waals surface area contributed by atoms with Gasteiger partial charge in [0.05, 0.1) is 12.1 Å². The van der Waals surface area contributed by atoms with Crippen molar-refractivity contribution in [3.63, 3.8) is 0 Å². The zero-order valence-electron chi connectivity index (χ0n) is 13.4. The van der Waals surface area contributed by atoms with Gasteiger partial charge >= 0.3 is 5.97 Å². The van der Waals surface area contributed by atoms with Crippen LogP contribution in [-0.4, -0.2) is 34.7 Å². The largest absolute Gasteiger partial charge is 0.461 e. The smallest absolute Gasteiger partial charge is 0.362 e. The minimum Gasteiger partial charge on any atom is -0.461 e. The van der Waals surface area contributed by atoms with Gasteiger partial charge in [-0.3, -0.25) is 4.99 Å². The summed E-state index contributed by atoms with van der Waals surface area (Å²) in [6, 6.07) is 7.90. The molecule has 0 radical (unpaired) electrons. The molecule has 1 spiro atoms. The van der Waals surface area contributed by atoms with E-state index in [1.165, 1.54) is 6.42 Å². The Morgan fingerprint density at radius 1 is 1.30 bits per heavy atom. The number of carbonyl (C=O) groups is 1. The lowest BCUT2D eigenvalue weighted by Gasteiger charge is -2.38. The Morgan fingerprint density at radius 2 is 2.04 bits per heavy atom. The maximum atomic E-state index is 12.2. The van der Waals surface area contributed by atoms with Gasteiger partial charge < -0.3 is 9.94 Å². The normalized spacial score (nSPS) is 19.9. The fraction of sp³-hybridized carbons (Fsp3) is 0.500. The lowest BCUT2D eigenvalue weighted by atomic mass is 9.74. The Kier molecular flexibility index (Phi) is 4.46. The number of ether oxygens (including phenoxy) is 1. The van der Waals surface area contributed by atoms with Crippen LogP contribution in [0.1, 0.15) is 50.2 Å². The molecule has 1 aliphatic heterocycles. The molecule has 0 unspecified atom stereocenters. The highest BCUT2D eigenvalue weighted by Crippen LogP contribution is 2.39. The molecule has 0 aromatic heterocycles. The van der Waals surface area contributed by atoms with Crippen molar-refractivity contribution in [2.45, 2.75) is 51.0 Å². The zero-order chi connectivity index (χ0) is 16.3. The van der Waals surface area contributed by atoms with Gasteiger partial charge in [0.25, 0.3) is 0 Å². The Balaban J connectivity index is 2.07. The number of fused-ring (bicyclic) bond motifs is 1. The van der Waals surface area contributed by atoms with E-state index in [4.69, 9.17) is 9.73 Å². The summed E-state index contributed by atoms with van der Waals surface area (Å²) in [6.45, 7) is 1.96. The minimum absolute atomic E-state index is 0.0936. The predicted molar refractivity (Wildman–Crippen MR) is 88.4 cm³/mol. The second kappa shape index (κ2) is 6.52. The summed E-state index contributed by atoms with van der Waals surface area (Å²) < 4.78 is 5.03. The van der Waals surface area contributed by atoms with Crippen LogP contribution in [-0.2, 0) is 16.0 Å². The molecule has 122 valence electrons. The van der Waals surface area contributed by atoms with Gasteiger partial charge in [-0.15, -0.1) is 0 Å². The van der Waals surface area contributed by atoms with Gasteiger partial charge in [0.1, 0.15) is 5.71 Å². The summed E-state index contributed by atoms with van der Waals surface area (Å²) in [6.07, 6.45) is 6.41. The van der Waals surface area contributed by atoms with Gasteiger partial charge in [0.2, 0.25) is 5.71 Å². The van der Waals surface area contributed by atoms with E-state index in [-0.39, 0.29) is 17.9 Å². The number of benzene rings is 1. The topological polar surface area (TPSA) is 71.2 Å². The van der Waals surface area contributed by atoms with E-state index in [0.717, 1.165) is 43.2 Å². The van der Waals surface area contributed by atoms with E-state index in [9.17, 15) is 10.0 Å². The first-order valence-corrected chi connectivity index (χ1v) is 8.27.